The van der Waals surface area contributed by atoms with E-state index in [2.05, 4.69) is 9.80 Å². The van der Waals surface area contributed by atoms with E-state index < -0.39 is 12.2 Å². The van der Waals surface area contributed by atoms with Gasteiger partial charge in [-0.25, -0.2) is 0 Å². The first-order valence-corrected chi connectivity index (χ1v) is 9.65. The summed E-state index contributed by atoms with van der Waals surface area (Å²) in [6, 6.07) is 7.33. The highest BCUT2D eigenvalue weighted by atomic mass is 16.5. The van der Waals surface area contributed by atoms with Crippen molar-refractivity contribution in [2.45, 2.75) is 32.2 Å². The van der Waals surface area contributed by atoms with E-state index in [4.69, 9.17) is 14.2 Å². The third-order valence-electron chi connectivity index (χ3n) is 4.53. The Balaban J connectivity index is 1.61. The van der Waals surface area contributed by atoms with Crippen LogP contribution in [0, 0.1) is 0 Å². The number of benzene rings is 1. The molecular formula is C20H34N2O5. The third kappa shape index (κ3) is 8.45. The van der Waals surface area contributed by atoms with Crippen molar-refractivity contribution in [3.63, 3.8) is 0 Å². The van der Waals surface area contributed by atoms with Crippen LogP contribution >= 0.6 is 0 Å². The van der Waals surface area contributed by atoms with Crippen LogP contribution in [0.4, 0.5) is 0 Å². The van der Waals surface area contributed by atoms with Crippen molar-refractivity contribution in [1.82, 2.24) is 9.80 Å². The Labute approximate surface area is 162 Å². The minimum Gasteiger partial charge on any atom is -0.497 e. The highest BCUT2D eigenvalue weighted by molar-refractivity contribution is 5.31. The summed E-state index contributed by atoms with van der Waals surface area (Å²) in [5, 5.41) is 20.3. The average molecular weight is 383 g/mol. The summed E-state index contributed by atoms with van der Waals surface area (Å²) in [7, 11) is 1.62. The maximum Gasteiger partial charge on any atom is 0.119 e. The molecule has 0 aromatic heterocycles. The van der Waals surface area contributed by atoms with Gasteiger partial charge in [0.25, 0.3) is 0 Å². The molecule has 1 aromatic carbocycles. The lowest BCUT2D eigenvalue weighted by molar-refractivity contribution is -0.0176. The van der Waals surface area contributed by atoms with Crippen molar-refractivity contribution in [1.29, 1.82) is 0 Å². The van der Waals surface area contributed by atoms with Crippen LogP contribution in [0.15, 0.2) is 24.3 Å². The fraction of sp³-hybridized carbons (Fsp3) is 0.700. The Morgan fingerprint density at radius 2 is 1.33 bits per heavy atom. The summed E-state index contributed by atoms with van der Waals surface area (Å²) in [5.41, 5.74) is 0. The van der Waals surface area contributed by atoms with Gasteiger partial charge in [0.1, 0.15) is 24.2 Å². The van der Waals surface area contributed by atoms with E-state index in [-0.39, 0.29) is 12.7 Å². The van der Waals surface area contributed by atoms with E-state index in [1.807, 2.05) is 38.1 Å². The number of hydrogen-bond acceptors (Lipinski definition) is 7. The first kappa shape index (κ1) is 21.9. The molecule has 0 aliphatic carbocycles. The van der Waals surface area contributed by atoms with Gasteiger partial charge in [-0.3, -0.25) is 9.80 Å². The normalized spacial score (nSPS) is 18.4. The molecule has 7 heteroatoms. The largest absolute Gasteiger partial charge is 0.497 e. The average Bonchev–Trinajstić information content (AvgIpc) is 2.66. The standard InChI is InChI=1S/C20H34N2O5/c1-16(2)26-14-17(23)12-21-8-10-22(11-9-21)13-18(24)15-27-20-6-4-19(25-3)5-7-20/h4-7,16-18,23-24H,8-15H2,1-3H3. The molecule has 0 radical (unpaired) electrons. The highest BCUT2D eigenvalue weighted by Gasteiger charge is 2.21. The minimum absolute atomic E-state index is 0.137. The van der Waals surface area contributed by atoms with Crippen LogP contribution < -0.4 is 9.47 Å². The van der Waals surface area contributed by atoms with Gasteiger partial charge in [-0.15, -0.1) is 0 Å². The second-order valence-electron chi connectivity index (χ2n) is 7.28. The zero-order chi connectivity index (χ0) is 19.6. The van der Waals surface area contributed by atoms with E-state index in [0.717, 1.165) is 37.7 Å². The zero-order valence-electron chi connectivity index (χ0n) is 16.7. The van der Waals surface area contributed by atoms with Crippen LogP contribution in [0.2, 0.25) is 0 Å². The second-order valence-corrected chi connectivity index (χ2v) is 7.28. The number of nitrogens with zero attached hydrogens (tertiary/aromatic N) is 2. The van der Waals surface area contributed by atoms with Crippen molar-refractivity contribution in [3.05, 3.63) is 24.3 Å². The zero-order valence-corrected chi connectivity index (χ0v) is 16.7. The molecule has 2 N–H and O–H groups in total. The summed E-state index contributed by atoms with van der Waals surface area (Å²) in [4.78, 5) is 4.47. The van der Waals surface area contributed by atoms with Gasteiger partial charge >= 0.3 is 0 Å². The predicted molar refractivity (Wildman–Crippen MR) is 104 cm³/mol. The molecule has 1 aliphatic heterocycles. The smallest absolute Gasteiger partial charge is 0.119 e. The Bertz CT molecular complexity index is 518. The highest BCUT2D eigenvalue weighted by Crippen LogP contribution is 2.17. The third-order valence-corrected chi connectivity index (χ3v) is 4.53. The van der Waals surface area contributed by atoms with Gasteiger partial charge in [0.05, 0.1) is 25.9 Å². The summed E-state index contributed by atoms with van der Waals surface area (Å²) in [5.74, 6) is 1.50. The fourth-order valence-electron chi connectivity index (χ4n) is 3.02. The molecule has 7 nitrogen and oxygen atoms in total. The minimum atomic E-state index is -0.538. The van der Waals surface area contributed by atoms with Crippen LogP contribution in [0.1, 0.15) is 13.8 Å². The summed E-state index contributed by atoms with van der Waals surface area (Å²) < 4.78 is 16.2. The van der Waals surface area contributed by atoms with Crippen LogP contribution in [-0.2, 0) is 4.74 Å². The molecule has 0 amide bonds. The molecular weight excluding hydrogens is 348 g/mol. The molecule has 2 atom stereocenters. The molecule has 1 saturated heterocycles. The number of methoxy groups -OCH3 is 1. The van der Waals surface area contributed by atoms with Gasteiger partial charge in [-0.1, -0.05) is 0 Å². The summed E-state index contributed by atoms with van der Waals surface area (Å²) in [6.45, 7) is 9.29. The van der Waals surface area contributed by atoms with Gasteiger partial charge in [-0.2, -0.15) is 0 Å². The molecule has 1 heterocycles. The Morgan fingerprint density at radius 3 is 1.81 bits per heavy atom. The van der Waals surface area contributed by atoms with E-state index >= 15 is 0 Å². The summed E-state index contributed by atoms with van der Waals surface area (Å²) >= 11 is 0. The maximum absolute atomic E-state index is 10.2. The molecule has 2 unspecified atom stereocenters. The Hall–Kier alpha value is -1.38. The van der Waals surface area contributed by atoms with Crippen molar-refractivity contribution in [2.75, 3.05) is 59.6 Å². The van der Waals surface area contributed by atoms with E-state index in [9.17, 15) is 10.2 Å². The van der Waals surface area contributed by atoms with Crippen LogP contribution in [0.25, 0.3) is 0 Å². The van der Waals surface area contributed by atoms with Crippen LogP contribution in [0.5, 0.6) is 11.5 Å². The molecule has 1 aromatic rings. The van der Waals surface area contributed by atoms with Crippen molar-refractivity contribution in [3.8, 4) is 11.5 Å². The van der Waals surface area contributed by atoms with Gasteiger partial charge in [0.15, 0.2) is 0 Å². The SMILES string of the molecule is COc1ccc(OCC(O)CN2CCN(CC(O)COC(C)C)CC2)cc1. The van der Waals surface area contributed by atoms with E-state index in [0.29, 0.717) is 19.7 Å². The molecule has 0 spiro atoms. The lowest BCUT2D eigenvalue weighted by atomic mass is 10.2. The number of β-amino-alcohol motifs (C(OH)–C–C–N with tert-alkyl or cyclic N) is 2. The second kappa shape index (κ2) is 11.5. The lowest BCUT2D eigenvalue weighted by Gasteiger charge is -2.36. The number of piperazine rings is 1. The molecule has 154 valence electrons. The molecule has 27 heavy (non-hydrogen) atoms. The molecule has 1 aliphatic rings. The Kier molecular flexibility index (Phi) is 9.30. The van der Waals surface area contributed by atoms with Crippen molar-refractivity contribution < 1.29 is 24.4 Å². The van der Waals surface area contributed by atoms with Gasteiger partial charge in [-0.05, 0) is 38.1 Å². The number of ether oxygens (including phenoxy) is 3. The predicted octanol–water partition coefficient (Wildman–Crippen LogP) is 0.838. The van der Waals surface area contributed by atoms with E-state index in [1.165, 1.54) is 0 Å². The lowest BCUT2D eigenvalue weighted by Crippen LogP contribution is -2.51. The number of rotatable bonds is 11. The van der Waals surface area contributed by atoms with Crippen molar-refractivity contribution in [2.24, 2.45) is 0 Å². The van der Waals surface area contributed by atoms with Gasteiger partial charge in [0, 0.05) is 39.3 Å². The maximum atomic E-state index is 10.2. The summed E-state index contributed by atoms with van der Waals surface area (Å²) in [6.07, 6.45) is -0.857. The number of aliphatic hydroxyl groups is 2. The van der Waals surface area contributed by atoms with Crippen LogP contribution in [-0.4, -0.2) is 97.9 Å². The molecule has 1 fully saturated rings. The monoisotopic (exact) mass is 382 g/mol. The number of aliphatic hydroxyl groups excluding tert-OH is 2. The first-order chi connectivity index (χ1) is 13.0. The van der Waals surface area contributed by atoms with Gasteiger partial charge in [0.2, 0.25) is 0 Å². The fourth-order valence-corrected chi connectivity index (χ4v) is 3.02. The first-order valence-electron chi connectivity index (χ1n) is 9.65. The van der Waals surface area contributed by atoms with Gasteiger partial charge < -0.3 is 24.4 Å². The van der Waals surface area contributed by atoms with Crippen LogP contribution in [0.3, 0.4) is 0 Å². The molecule has 0 saturated carbocycles. The number of hydrogen-bond donors (Lipinski definition) is 2. The Morgan fingerprint density at radius 1 is 0.852 bits per heavy atom. The van der Waals surface area contributed by atoms with Crippen molar-refractivity contribution >= 4 is 0 Å². The quantitative estimate of drug-likeness (QED) is 0.587. The molecule has 2 rings (SSSR count). The topological polar surface area (TPSA) is 74.6 Å². The molecule has 0 bridgehead atoms. The van der Waals surface area contributed by atoms with E-state index in [1.54, 1.807) is 7.11 Å².